The second-order valence-electron chi connectivity index (χ2n) is 3.47. The molecule has 0 saturated heterocycles. The normalized spacial score (nSPS) is 11.2. The number of aromatic nitrogens is 4. The predicted molar refractivity (Wildman–Crippen MR) is 62.0 cm³/mol. The Bertz CT molecular complexity index is 632. The summed E-state index contributed by atoms with van der Waals surface area (Å²) in [5.74, 6) is -0.730. The lowest BCUT2D eigenvalue weighted by Gasteiger charge is -2.06. The number of hydrogen-bond donors (Lipinski definition) is 1. The van der Waals surface area contributed by atoms with Crippen molar-refractivity contribution in [3.05, 3.63) is 41.3 Å². The molecule has 2 aromatic heterocycles. The van der Waals surface area contributed by atoms with Crippen molar-refractivity contribution in [1.29, 1.82) is 0 Å². The lowest BCUT2D eigenvalue weighted by molar-refractivity contribution is -0.141. The van der Waals surface area contributed by atoms with Gasteiger partial charge in [0.25, 0.3) is 5.91 Å². The van der Waals surface area contributed by atoms with Crippen molar-refractivity contribution in [3.63, 3.8) is 0 Å². The van der Waals surface area contributed by atoms with Crippen LogP contribution in [0.5, 0.6) is 0 Å². The van der Waals surface area contributed by atoms with Crippen molar-refractivity contribution in [2.24, 2.45) is 0 Å². The van der Waals surface area contributed by atoms with E-state index in [1.807, 2.05) is 0 Å². The van der Waals surface area contributed by atoms with E-state index in [0.29, 0.717) is 6.20 Å². The van der Waals surface area contributed by atoms with Crippen LogP contribution in [-0.2, 0) is 6.18 Å². The number of carbonyl (C=O) groups excluding carboxylic acids is 1. The number of carbonyl (C=O) groups is 1. The Hall–Kier alpha value is -2.29. The smallest absolute Gasteiger partial charge is 0.304 e. The molecule has 0 bridgehead atoms. The van der Waals surface area contributed by atoms with Gasteiger partial charge in [-0.2, -0.15) is 13.2 Å². The minimum Gasteiger partial charge on any atom is -0.304 e. The van der Waals surface area contributed by atoms with Crippen molar-refractivity contribution in [3.8, 4) is 0 Å². The summed E-state index contributed by atoms with van der Waals surface area (Å²) in [6.07, 6.45) is -0.939. The van der Waals surface area contributed by atoms with Crippen molar-refractivity contribution < 1.29 is 18.0 Å². The Balaban J connectivity index is 2.14. The molecule has 0 atom stereocenters. The lowest BCUT2D eigenvalue weighted by Crippen LogP contribution is -2.17. The molecule has 10 heteroatoms. The van der Waals surface area contributed by atoms with Gasteiger partial charge in [0.2, 0.25) is 0 Å². The number of nitrogens with one attached hydrogen (secondary N) is 1. The van der Waals surface area contributed by atoms with E-state index in [9.17, 15) is 18.0 Å². The van der Waals surface area contributed by atoms with Gasteiger partial charge in [-0.1, -0.05) is 11.6 Å². The lowest BCUT2D eigenvalue weighted by atomic mass is 10.4. The molecule has 1 N–H and O–H groups in total. The van der Waals surface area contributed by atoms with Gasteiger partial charge in [0.1, 0.15) is 10.8 Å². The van der Waals surface area contributed by atoms with Crippen LogP contribution in [0.1, 0.15) is 16.2 Å². The van der Waals surface area contributed by atoms with Crippen LogP contribution in [0.2, 0.25) is 5.15 Å². The molecule has 1 amide bonds. The maximum Gasteiger partial charge on any atom is 0.434 e. The average molecular weight is 304 g/mol. The van der Waals surface area contributed by atoms with Crippen molar-refractivity contribution >= 4 is 23.3 Å². The van der Waals surface area contributed by atoms with Crippen LogP contribution in [-0.4, -0.2) is 25.8 Å². The molecule has 0 aliphatic rings. The van der Waals surface area contributed by atoms with E-state index in [1.54, 1.807) is 0 Å². The number of nitrogens with zero attached hydrogens (tertiary/aromatic N) is 4. The van der Waals surface area contributed by atoms with E-state index >= 15 is 0 Å². The summed E-state index contributed by atoms with van der Waals surface area (Å²) in [5, 5.41) is 2.33. The third kappa shape index (κ3) is 3.38. The first-order valence-electron chi connectivity index (χ1n) is 5.04. The van der Waals surface area contributed by atoms with Gasteiger partial charge in [-0.15, -0.1) is 0 Å². The molecule has 0 unspecified atom stereocenters. The highest BCUT2D eigenvalue weighted by molar-refractivity contribution is 6.29. The Morgan fingerprint density at radius 2 is 1.90 bits per heavy atom. The predicted octanol–water partition coefficient (Wildman–Crippen LogP) is 2.19. The summed E-state index contributed by atoms with van der Waals surface area (Å²) in [6.45, 7) is 0. The van der Waals surface area contributed by atoms with Gasteiger partial charge in [0.05, 0.1) is 24.8 Å². The monoisotopic (exact) mass is 303 g/mol. The van der Waals surface area contributed by atoms with E-state index in [0.717, 1.165) is 6.20 Å². The fraction of sp³-hybridized carbons (Fsp3) is 0.100. The number of halogens is 4. The quantitative estimate of drug-likeness (QED) is 0.920. The highest BCUT2D eigenvalue weighted by atomic mass is 35.5. The van der Waals surface area contributed by atoms with Crippen LogP contribution in [0.15, 0.2) is 24.8 Å². The highest BCUT2D eigenvalue weighted by Crippen LogP contribution is 2.26. The van der Waals surface area contributed by atoms with Gasteiger partial charge < -0.3 is 5.32 Å². The average Bonchev–Trinajstić information content (AvgIpc) is 2.38. The summed E-state index contributed by atoms with van der Waals surface area (Å²) >= 11 is 5.57. The molecule has 20 heavy (non-hydrogen) atoms. The molecule has 2 rings (SSSR count). The van der Waals surface area contributed by atoms with Crippen LogP contribution in [0.4, 0.5) is 19.0 Å². The molecule has 0 aliphatic heterocycles. The molecule has 0 saturated carbocycles. The largest absolute Gasteiger partial charge is 0.434 e. The Morgan fingerprint density at radius 3 is 2.45 bits per heavy atom. The summed E-state index contributed by atoms with van der Waals surface area (Å²) in [7, 11) is 0. The molecule has 0 radical (unpaired) electrons. The van der Waals surface area contributed by atoms with Gasteiger partial charge in [-0.3, -0.25) is 9.78 Å². The molecule has 2 aromatic rings. The van der Waals surface area contributed by atoms with Crippen molar-refractivity contribution in [1.82, 2.24) is 19.9 Å². The number of alkyl halides is 3. The maximum absolute atomic E-state index is 12.3. The zero-order valence-electron chi connectivity index (χ0n) is 9.52. The third-order valence-corrected chi connectivity index (χ3v) is 2.20. The van der Waals surface area contributed by atoms with Gasteiger partial charge in [0.15, 0.2) is 11.5 Å². The van der Waals surface area contributed by atoms with Gasteiger partial charge in [-0.25, -0.2) is 15.0 Å². The van der Waals surface area contributed by atoms with E-state index in [4.69, 9.17) is 11.6 Å². The maximum atomic E-state index is 12.3. The van der Waals surface area contributed by atoms with E-state index in [-0.39, 0.29) is 16.7 Å². The highest BCUT2D eigenvalue weighted by Gasteiger charge is 2.33. The SMILES string of the molecule is O=C(Nc1cncc(Cl)n1)c1cnc(C(F)(F)F)cn1. The molecule has 6 nitrogen and oxygen atoms in total. The Kier molecular flexibility index (Phi) is 3.79. The number of hydrogen-bond acceptors (Lipinski definition) is 5. The zero-order valence-corrected chi connectivity index (χ0v) is 10.3. The molecule has 0 fully saturated rings. The number of amides is 1. The van der Waals surface area contributed by atoms with Gasteiger partial charge in [0, 0.05) is 0 Å². The minimum atomic E-state index is -4.61. The molecule has 0 aromatic carbocycles. The van der Waals surface area contributed by atoms with Crippen LogP contribution >= 0.6 is 11.6 Å². The second-order valence-corrected chi connectivity index (χ2v) is 3.85. The molecular weight excluding hydrogens is 299 g/mol. The van der Waals surface area contributed by atoms with Crippen LogP contribution < -0.4 is 5.32 Å². The van der Waals surface area contributed by atoms with Crippen LogP contribution in [0.25, 0.3) is 0 Å². The first-order valence-corrected chi connectivity index (χ1v) is 5.42. The summed E-state index contributed by atoms with van der Waals surface area (Å²) < 4.78 is 36.8. The topological polar surface area (TPSA) is 80.7 Å². The third-order valence-electron chi connectivity index (χ3n) is 2.02. The first-order chi connectivity index (χ1) is 9.36. The fourth-order valence-electron chi connectivity index (χ4n) is 1.17. The second kappa shape index (κ2) is 5.37. The van der Waals surface area contributed by atoms with E-state index < -0.39 is 17.8 Å². The summed E-state index contributed by atoms with van der Waals surface area (Å²) in [4.78, 5) is 25.6. The van der Waals surface area contributed by atoms with Gasteiger partial charge in [-0.05, 0) is 0 Å². The molecule has 2 heterocycles. The first kappa shape index (κ1) is 14.1. The molecule has 0 spiro atoms. The number of rotatable bonds is 2. The summed E-state index contributed by atoms with van der Waals surface area (Å²) in [5.41, 5.74) is -1.48. The zero-order chi connectivity index (χ0) is 14.8. The number of anilines is 1. The standard InChI is InChI=1S/C10H5ClF3N5O/c11-7-3-15-4-8(18-7)19-9(20)5-1-17-6(2-16-5)10(12,13)14/h1-4H,(H,18,19,20). The Morgan fingerprint density at radius 1 is 1.15 bits per heavy atom. The minimum absolute atomic E-state index is 0.0456. The Labute approximate surface area is 115 Å². The molecule has 104 valence electrons. The van der Waals surface area contributed by atoms with Gasteiger partial charge >= 0.3 is 6.18 Å². The van der Waals surface area contributed by atoms with E-state index in [1.165, 1.54) is 12.4 Å². The van der Waals surface area contributed by atoms with Crippen LogP contribution in [0.3, 0.4) is 0 Å². The van der Waals surface area contributed by atoms with Crippen molar-refractivity contribution in [2.45, 2.75) is 6.18 Å². The molecular formula is C10H5ClF3N5O. The molecule has 0 aliphatic carbocycles. The van der Waals surface area contributed by atoms with E-state index in [2.05, 4.69) is 25.3 Å². The fourth-order valence-corrected chi connectivity index (χ4v) is 1.32. The van der Waals surface area contributed by atoms with Crippen molar-refractivity contribution in [2.75, 3.05) is 5.32 Å². The van der Waals surface area contributed by atoms with Crippen LogP contribution in [0, 0.1) is 0 Å². The summed E-state index contributed by atoms with van der Waals surface area (Å²) in [6, 6.07) is 0.